The summed E-state index contributed by atoms with van der Waals surface area (Å²) in [6.45, 7) is 0.317. The van der Waals surface area contributed by atoms with Gasteiger partial charge in [-0.15, -0.1) is 0 Å². The molecule has 34 heavy (non-hydrogen) atoms. The van der Waals surface area contributed by atoms with Gasteiger partial charge < -0.3 is 9.88 Å². The lowest BCUT2D eigenvalue weighted by atomic mass is 10.00. The second-order valence-corrected chi connectivity index (χ2v) is 8.84. The highest BCUT2D eigenvalue weighted by molar-refractivity contribution is 6.16. The van der Waals surface area contributed by atoms with Gasteiger partial charge in [-0.2, -0.15) is 0 Å². The summed E-state index contributed by atoms with van der Waals surface area (Å²) >= 11 is 0. The molecule has 6 nitrogen and oxygen atoms in total. The molecule has 172 valence electrons. The molecule has 1 aromatic carbocycles. The maximum atomic E-state index is 15.3. The minimum absolute atomic E-state index is 0.0121. The van der Waals surface area contributed by atoms with Crippen LogP contribution in [0.2, 0.25) is 0 Å². The Morgan fingerprint density at radius 1 is 1.03 bits per heavy atom. The van der Waals surface area contributed by atoms with E-state index in [1.54, 1.807) is 24.7 Å². The van der Waals surface area contributed by atoms with Gasteiger partial charge in [-0.3, -0.25) is 4.79 Å². The molecule has 0 bridgehead atoms. The number of nitrogens with one attached hydrogen (secondary N) is 1. The van der Waals surface area contributed by atoms with Crippen molar-refractivity contribution in [2.75, 3.05) is 18.0 Å². The molecular formula is C25H20F3N5O. The Bertz CT molecular complexity index is 1410. The van der Waals surface area contributed by atoms with Crippen LogP contribution in [0, 0.1) is 11.6 Å². The Hall–Kier alpha value is -3.75. The van der Waals surface area contributed by atoms with Crippen LogP contribution in [-0.4, -0.2) is 45.0 Å². The van der Waals surface area contributed by atoms with E-state index in [-0.39, 0.29) is 24.2 Å². The summed E-state index contributed by atoms with van der Waals surface area (Å²) in [5.41, 5.74) is 1.29. The predicted octanol–water partition coefficient (Wildman–Crippen LogP) is 4.95. The SMILES string of the molecule is O=C(c1c(F)ccc(N2CC[C@@H](F)C2)c1F)c1c[nH]c2ncc(-c3cnc(C4CC4)nc3)cc12. The number of alkyl halides is 1. The molecule has 4 aromatic rings. The molecule has 3 aromatic heterocycles. The lowest BCUT2D eigenvalue weighted by Crippen LogP contribution is -2.22. The molecule has 1 atom stereocenters. The number of hydrogen-bond donors (Lipinski definition) is 1. The number of ketones is 1. The van der Waals surface area contributed by atoms with Crippen LogP contribution >= 0.6 is 0 Å². The molecule has 9 heteroatoms. The summed E-state index contributed by atoms with van der Waals surface area (Å²) in [6, 6.07) is 4.03. The van der Waals surface area contributed by atoms with Crippen molar-refractivity contribution in [2.24, 2.45) is 0 Å². The first kappa shape index (κ1) is 20.8. The van der Waals surface area contributed by atoms with Gasteiger partial charge in [0.2, 0.25) is 5.78 Å². The van der Waals surface area contributed by atoms with Crippen LogP contribution in [0.25, 0.3) is 22.2 Å². The number of nitrogens with zero attached hydrogens (tertiary/aromatic N) is 4. The van der Waals surface area contributed by atoms with Crippen LogP contribution in [0.5, 0.6) is 0 Å². The maximum Gasteiger partial charge on any atom is 0.201 e. The van der Waals surface area contributed by atoms with E-state index in [4.69, 9.17) is 0 Å². The highest BCUT2D eigenvalue weighted by atomic mass is 19.1. The first-order valence-corrected chi connectivity index (χ1v) is 11.2. The molecular weight excluding hydrogens is 443 g/mol. The number of halogens is 3. The number of hydrogen-bond acceptors (Lipinski definition) is 5. The van der Waals surface area contributed by atoms with Gasteiger partial charge in [0.15, 0.2) is 5.82 Å². The summed E-state index contributed by atoms with van der Waals surface area (Å²) in [5, 5.41) is 0.433. The molecule has 2 aliphatic rings. The third kappa shape index (κ3) is 3.52. The number of carbonyl (C=O) groups is 1. The van der Waals surface area contributed by atoms with Crippen molar-refractivity contribution in [1.82, 2.24) is 19.9 Å². The number of pyridine rings is 1. The number of rotatable bonds is 5. The van der Waals surface area contributed by atoms with Gasteiger partial charge in [0.05, 0.1) is 11.3 Å². The van der Waals surface area contributed by atoms with Crippen LogP contribution in [0.3, 0.4) is 0 Å². The van der Waals surface area contributed by atoms with Crippen molar-refractivity contribution in [3.8, 4) is 11.1 Å². The molecule has 0 spiro atoms. The molecule has 0 unspecified atom stereocenters. The van der Waals surface area contributed by atoms with Gasteiger partial charge in [0.1, 0.15) is 23.5 Å². The minimum atomic E-state index is -1.08. The second kappa shape index (κ2) is 7.93. The smallest absolute Gasteiger partial charge is 0.201 e. The van der Waals surface area contributed by atoms with Crippen molar-refractivity contribution in [2.45, 2.75) is 31.4 Å². The van der Waals surface area contributed by atoms with Crippen molar-refractivity contribution in [1.29, 1.82) is 0 Å². The number of H-pyrrole nitrogens is 1. The van der Waals surface area contributed by atoms with Crippen LogP contribution in [0.1, 0.15) is 46.9 Å². The summed E-state index contributed by atoms with van der Waals surface area (Å²) in [6.07, 6.45) is 7.85. The van der Waals surface area contributed by atoms with E-state index in [1.165, 1.54) is 17.2 Å². The van der Waals surface area contributed by atoms with Crippen molar-refractivity contribution >= 4 is 22.5 Å². The van der Waals surface area contributed by atoms with E-state index in [0.29, 0.717) is 29.1 Å². The Morgan fingerprint density at radius 2 is 1.79 bits per heavy atom. The second-order valence-electron chi connectivity index (χ2n) is 8.84. The average molecular weight is 463 g/mol. The zero-order valence-corrected chi connectivity index (χ0v) is 18.1. The van der Waals surface area contributed by atoms with E-state index in [9.17, 15) is 13.6 Å². The fourth-order valence-corrected chi connectivity index (χ4v) is 4.45. The largest absolute Gasteiger partial charge is 0.366 e. The number of carbonyl (C=O) groups excluding carboxylic acids is 1. The van der Waals surface area contributed by atoms with Gasteiger partial charge in [0, 0.05) is 65.9 Å². The molecule has 2 fully saturated rings. The number of benzene rings is 1. The maximum absolute atomic E-state index is 15.3. The molecule has 1 saturated carbocycles. The van der Waals surface area contributed by atoms with Crippen LogP contribution in [0.4, 0.5) is 18.9 Å². The number of aromatic amines is 1. The molecule has 1 aliphatic carbocycles. The van der Waals surface area contributed by atoms with E-state index in [2.05, 4.69) is 19.9 Å². The Kier molecular flexibility index (Phi) is 4.86. The van der Waals surface area contributed by atoms with E-state index < -0.39 is 29.2 Å². The topological polar surface area (TPSA) is 74.8 Å². The standard InChI is InChI=1S/C25H20F3N5O/c26-16-5-6-33(12-16)20-4-3-19(27)21(22(20)28)23(34)18-11-32-25-17(18)7-14(8-31-25)15-9-29-24(30-10-15)13-1-2-13/h3-4,7-11,13,16H,1-2,5-6,12H2,(H,31,32)/t16-/m1/s1. The number of aromatic nitrogens is 4. The van der Waals surface area contributed by atoms with E-state index in [1.807, 2.05) is 0 Å². The Labute approximate surface area is 192 Å². The van der Waals surface area contributed by atoms with Crippen molar-refractivity contribution in [3.05, 3.63) is 71.6 Å². The average Bonchev–Trinajstić information content (AvgIpc) is 3.47. The fraction of sp³-hybridized carbons (Fsp3) is 0.280. The van der Waals surface area contributed by atoms with Crippen molar-refractivity contribution in [3.63, 3.8) is 0 Å². The fourth-order valence-electron chi connectivity index (χ4n) is 4.45. The quantitative estimate of drug-likeness (QED) is 0.424. The third-order valence-electron chi connectivity index (χ3n) is 6.49. The summed E-state index contributed by atoms with van der Waals surface area (Å²) in [7, 11) is 0. The highest BCUT2D eigenvalue weighted by Gasteiger charge is 2.30. The van der Waals surface area contributed by atoms with Gasteiger partial charge in [0.25, 0.3) is 0 Å². The molecule has 4 heterocycles. The van der Waals surface area contributed by atoms with Gasteiger partial charge in [-0.05, 0) is 37.5 Å². The molecule has 0 amide bonds. The van der Waals surface area contributed by atoms with Gasteiger partial charge in [-0.1, -0.05) is 0 Å². The first-order chi connectivity index (χ1) is 16.5. The molecule has 0 radical (unpaired) electrons. The monoisotopic (exact) mass is 463 g/mol. The summed E-state index contributed by atoms with van der Waals surface area (Å²) in [4.78, 5) is 30.9. The van der Waals surface area contributed by atoms with E-state index >= 15 is 4.39 Å². The van der Waals surface area contributed by atoms with Crippen LogP contribution < -0.4 is 4.90 Å². The zero-order valence-electron chi connectivity index (χ0n) is 18.1. The predicted molar refractivity (Wildman–Crippen MR) is 121 cm³/mol. The third-order valence-corrected chi connectivity index (χ3v) is 6.49. The molecule has 6 rings (SSSR count). The van der Waals surface area contributed by atoms with Crippen molar-refractivity contribution < 1.29 is 18.0 Å². The Balaban J connectivity index is 1.38. The van der Waals surface area contributed by atoms with Crippen LogP contribution in [-0.2, 0) is 0 Å². The van der Waals surface area contributed by atoms with E-state index in [0.717, 1.165) is 30.3 Å². The summed E-state index contributed by atoms with van der Waals surface area (Å²) in [5.74, 6) is -1.51. The molecule has 1 saturated heterocycles. The zero-order chi connectivity index (χ0) is 23.4. The van der Waals surface area contributed by atoms with Gasteiger partial charge in [-0.25, -0.2) is 28.1 Å². The highest BCUT2D eigenvalue weighted by Crippen LogP contribution is 2.38. The Morgan fingerprint density at radius 3 is 2.50 bits per heavy atom. The van der Waals surface area contributed by atoms with Crippen LogP contribution in [0.15, 0.2) is 43.0 Å². The normalized spacial score (nSPS) is 18.1. The lowest BCUT2D eigenvalue weighted by Gasteiger charge is -2.19. The first-order valence-electron chi connectivity index (χ1n) is 11.2. The molecule has 1 aliphatic heterocycles. The minimum Gasteiger partial charge on any atom is -0.366 e. The lowest BCUT2D eigenvalue weighted by molar-refractivity contribution is 0.103. The summed E-state index contributed by atoms with van der Waals surface area (Å²) < 4.78 is 43.7. The number of anilines is 1. The molecule has 1 N–H and O–H groups in total. The van der Waals surface area contributed by atoms with Gasteiger partial charge >= 0.3 is 0 Å². The number of fused-ring (bicyclic) bond motifs is 1.